The van der Waals surface area contributed by atoms with Gasteiger partial charge in [-0.25, -0.2) is 9.97 Å². The number of aromatic nitrogens is 4. The lowest BCUT2D eigenvalue weighted by Gasteiger charge is -2.41. The molecule has 1 atom stereocenters. The zero-order chi connectivity index (χ0) is 25.5. The molecule has 1 unspecified atom stereocenters. The van der Waals surface area contributed by atoms with Gasteiger partial charge in [0.05, 0.1) is 41.7 Å². The Morgan fingerprint density at radius 1 is 1.05 bits per heavy atom. The van der Waals surface area contributed by atoms with Crippen LogP contribution in [-0.2, 0) is 17.8 Å². The molecule has 2 aliphatic rings. The van der Waals surface area contributed by atoms with E-state index in [2.05, 4.69) is 65.2 Å². The lowest BCUT2D eigenvalue weighted by Crippen LogP contribution is -2.47. The molecule has 5 aromatic rings. The predicted molar refractivity (Wildman–Crippen MR) is 148 cm³/mol. The van der Waals surface area contributed by atoms with Crippen LogP contribution in [0, 0.1) is 6.92 Å². The van der Waals surface area contributed by atoms with E-state index in [0.29, 0.717) is 0 Å². The third kappa shape index (κ3) is 4.58. The van der Waals surface area contributed by atoms with Gasteiger partial charge in [-0.2, -0.15) is 5.10 Å². The van der Waals surface area contributed by atoms with Crippen molar-refractivity contribution in [2.24, 2.45) is 0 Å². The molecule has 1 N–H and O–H groups in total. The van der Waals surface area contributed by atoms with Gasteiger partial charge >= 0.3 is 0 Å². The van der Waals surface area contributed by atoms with Gasteiger partial charge in [0.1, 0.15) is 23.7 Å². The number of nitrogens with one attached hydrogen (secondary N) is 1. The SMILES string of the molecule is Cc1ccc(CN2CCN(Cc3cc4ncnc(N5CCOCC5)c4s3)C(c3cccc4[nH]ncc34)C2)o1. The number of H-pyrrole nitrogens is 1. The second-order valence-electron chi connectivity index (χ2n) is 10.1. The van der Waals surface area contributed by atoms with Crippen molar-refractivity contribution in [2.75, 3.05) is 50.8 Å². The fraction of sp³-hybridized carbons (Fsp3) is 0.393. The van der Waals surface area contributed by atoms with Crippen LogP contribution in [0.5, 0.6) is 0 Å². The minimum Gasteiger partial charge on any atom is -0.465 e. The molecule has 7 rings (SSSR count). The van der Waals surface area contributed by atoms with Crippen molar-refractivity contribution >= 4 is 38.3 Å². The number of furan rings is 1. The van der Waals surface area contributed by atoms with E-state index in [4.69, 9.17) is 9.15 Å². The summed E-state index contributed by atoms with van der Waals surface area (Å²) in [5, 5.41) is 8.68. The third-order valence-electron chi connectivity index (χ3n) is 7.64. The first-order valence-corrected chi connectivity index (χ1v) is 14.0. The van der Waals surface area contributed by atoms with Crippen LogP contribution in [0.25, 0.3) is 21.1 Å². The van der Waals surface area contributed by atoms with Crippen LogP contribution in [0.2, 0.25) is 0 Å². The maximum Gasteiger partial charge on any atom is 0.150 e. The van der Waals surface area contributed by atoms with E-state index in [1.165, 1.54) is 20.5 Å². The first-order chi connectivity index (χ1) is 18.7. The number of anilines is 1. The summed E-state index contributed by atoms with van der Waals surface area (Å²) >= 11 is 1.82. The van der Waals surface area contributed by atoms with Gasteiger partial charge in [-0.15, -0.1) is 11.3 Å². The van der Waals surface area contributed by atoms with E-state index in [1.807, 2.05) is 30.5 Å². The summed E-state index contributed by atoms with van der Waals surface area (Å²) < 4.78 is 12.6. The van der Waals surface area contributed by atoms with Gasteiger partial charge in [-0.3, -0.25) is 14.9 Å². The number of thiophene rings is 1. The molecule has 0 bridgehead atoms. The zero-order valence-corrected chi connectivity index (χ0v) is 22.3. The van der Waals surface area contributed by atoms with Crippen LogP contribution in [0.15, 0.2) is 53.3 Å². The van der Waals surface area contributed by atoms with Gasteiger partial charge in [0, 0.05) is 55.6 Å². The van der Waals surface area contributed by atoms with Crippen molar-refractivity contribution < 1.29 is 9.15 Å². The molecule has 0 aliphatic carbocycles. The lowest BCUT2D eigenvalue weighted by atomic mass is 9.98. The van der Waals surface area contributed by atoms with E-state index in [9.17, 15) is 0 Å². The number of ether oxygens (including phenoxy) is 1. The van der Waals surface area contributed by atoms with Gasteiger partial charge < -0.3 is 14.1 Å². The van der Waals surface area contributed by atoms with Gasteiger partial charge in [-0.05, 0) is 36.8 Å². The Labute approximate surface area is 225 Å². The van der Waals surface area contributed by atoms with E-state index >= 15 is 0 Å². The largest absolute Gasteiger partial charge is 0.465 e. The van der Waals surface area contributed by atoms with Crippen molar-refractivity contribution in [2.45, 2.75) is 26.1 Å². The number of nitrogens with zero attached hydrogens (tertiary/aromatic N) is 6. The number of aromatic amines is 1. The van der Waals surface area contributed by atoms with Gasteiger partial charge in [0.2, 0.25) is 0 Å². The lowest BCUT2D eigenvalue weighted by molar-refractivity contribution is 0.0611. The number of hydrogen-bond donors (Lipinski definition) is 1. The molecule has 2 saturated heterocycles. The van der Waals surface area contributed by atoms with Crippen LogP contribution in [-0.4, -0.2) is 75.9 Å². The van der Waals surface area contributed by atoms with Crippen LogP contribution in [0.4, 0.5) is 5.82 Å². The van der Waals surface area contributed by atoms with Gasteiger partial charge in [-0.1, -0.05) is 12.1 Å². The maximum absolute atomic E-state index is 5.91. The fourth-order valence-electron chi connectivity index (χ4n) is 5.75. The molecule has 9 nitrogen and oxygen atoms in total. The number of rotatable bonds is 6. The first-order valence-electron chi connectivity index (χ1n) is 13.2. The normalized spacial score (nSPS) is 19.6. The molecule has 6 heterocycles. The van der Waals surface area contributed by atoms with Crippen LogP contribution < -0.4 is 4.90 Å². The molecule has 0 radical (unpaired) electrons. The highest BCUT2D eigenvalue weighted by molar-refractivity contribution is 7.19. The summed E-state index contributed by atoms with van der Waals surface area (Å²) in [4.78, 5) is 18.0. The molecule has 0 saturated carbocycles. The second-order valence-corrected chi connectivity index (χ2v) is 11.3. The van der Waals surface area contributed by atoms with Crippen molar-refractivity contribution in [1.29, 1.82) is 0 Å². The molecule has 196 valence electrons. The third-order valence-corrected chi connectivity index (χ3v) is 8.75. The zero-order valence-electron chi connectivity index (χ0n) is 21.5. The number of piperazine rings is 1. The molecular formula is C28H31N7O2S. The summed E-state index contributed by atoms with van der Waals surface area (Å²) in [5.74, 6) is 3.02. The Kier molecular flexibility index (Phi) is 6.32. The number of morpholine rings is 1. The van der Waals surface area contributed by atoms with Gasteiger partial charge in [0.25, 0.3) is 0 Å². The summed E-state index contributed by atoms with van der Waals surface area (Å²) in [5.41, 5.74) is 3.42. The van der Waals surface area contributed by atoms with E-state index < -0.39 is 0 Å². The monoisotopic (exact) mass is 529 g/mol. The molecule has 1 aromatic carbocycles. The summed E-state index contributed by atoms with van der Waals surface area (Å²) in [6.07, 6.45) is 3.66. The second kappa shape index (κ2) is 10.1. The molecule has 0 amide bonds. The minimum absolute atomic E-state index is 0.233. The van der Waals surface area contributed by atoms with Crippen molar-refractivity contribution in [1.82, 2.24) is 30.0 Å². The topological polar surface area (TPSA) is 86.5 Å². The van der Waals surface area contributed by atoms with E-state index in [0.717, 1.165) is 87.4 Å². The van der Waals surface area contributed by atoms with Crippen LogP contribution in [0.1, 0.15) is 28.0 Å². The first kappa shape index (κ1) is 23.8. The van der Waals surface area contributed by atoms with E-state index in [1.54, 1.807) is 6.33 Å². The molecule has 10 heteroatoms. The van der Waals surface area contributed by atoms with Crippen LogP contribution in [0.3, 0.4) is 0 Å². The van der Waals surface area contributed by atoms with Crippen molar-refractivity contribution in [3.8, 4) is 0 Å². The molecule has 2 fully saturated rings. The maximum atomic E-state index is 5.91. The molecule has 0 spiro atoms. The Bertz CT molecular complexity index is 1550. The molecule has 4 aromatic heterocycles. The smallest absolute Gasteiger partial charge is 0.150 e. The molecular weight excluding hydrogens is 498 g/mol. The van der Waals surface area contributed by atoms with Crippen molar-refractivity contribution in [3.05, 3.63) is 70.9 Å². The summed E-state index contributed by atoms with van der Waals surface area (Å²) in [7, 11) is 0. The number of benzene rings is 1. The minimum atomic E-state index is 0.233. The summed E-state index contributed by atoms with van der Waals surface area (Å²) in [6.45, 7) is 9.80. The quantitative estimate of drug-likeness (QED) is 0.347. The average molecular weight is 530 g/mol. The average Bonchev–Trinajstić information content (AvgIpc) is 3.69. The Morgan fingerprint density at radius 2 is 1.97 bits per heavy atom. The Morgan fingerprint density at radius 3 is 2.84 bits per heavy atom. The van der Waals surface area contributed by atoms with Crippen molar-refractivity contribution in [3.63, 3.8) is 0 Å². The standard InChI is InChI=1S/C28H31N7O2S/c1-19-5-6-20(37-19)15-33-7-8-35(26(17-33)22-3-2-4-24-23(22)14-31-32-24)16-21-13-25-27(38-21)28(30-18-29-25)34-9-11-36-12-10-34/h2-6,13-14,18,26H,7-12,15-17H2,1H3,(H,31,32). The highest BCUT2D eigenvalue weighted by atomic mass is 32.1. The summed E-state index contributed by atoms with van der Waals surface area (Å²) in [6, 6.07) is 13.1. The van der Waals surface area contributed by atoms with E-state index in [-0.39, 0.29) is 6.04 Å². The number of fused-ring (bicyclic) bond motifs is 2. The Balaban J connectivity index is 1.19. The highest BCUT2D eigenvalue weighted by Crippen LogP contribution is 2.36. The highest BCUT2D eigenvalue weighted by Gasteiger charge is 2.31. The predicted octanol–water partition coefficient (Wildman–Crippen LogP) is 4.36. The molecule has 38 heavy (non-hydrogen) atoms. The Hall–Kier alpha value is -3.31. The fourth-order valence-corrected chi connectivity index (χ4v) is 6.90. The molecule has 2 aliphatic heterocycles. The number of aryl methyl sites for hydroxylation is 1. The van der Waals surface area contributed by atoms with Gasteiger partial charge in [0.15, 0.2) is 0 Å². The van der Waals surface area contributed by atoms with Crippen LogP contribution >= 0.6 is 11.3 Å². The number of hydrogen-bond acceptors (Lipinski definition) is 9.